The van der Waals surface area contributed by atoms with Crippen LogP contribution in [0.3, 0.4) is 0 Å². The highest BCUT2D eigenvalue weighted by atomic mass is 32.2. The minimum absolute atomic E-state index is 0.0565. The Balaban J connectivity index is 1.68. The molecule has 1 aliphatic heterocycles. The van der Waals surface area contributed by atoms with Gasteiger partial charge in [-0.05, 0) is 43.9 Å². The fraction of sp³-hybridized carbons (Fsp3) is 0.438. The van der Waals surface area contributed by atoms with Crippen molar-refractivity contribution in [2.75, 3.05) is 11.9 Å². The molecule has 1 fully saturated rings. The van der Waals surface area contributed by atoms with Crippen molar-refractivity contribution in [3.8, 4) is 0 Å². The second-order valence-electron chi connectivity index (χ2n) is 5.64. The molecule has 0 unspecified atom stereocenters. The highest BCUT2D eigenvalue weighted by Gasteiger charge is 2.23. The highest BCUT2D eigenvalue weighted by molar-refractivity contribution is 8.02. The summed E-state index contributed by atoms with van der Waals surface area (Å²) in [6.07, 6.45) is 3.02. The van der Waals surface area contributed by atoms with Gasteiger partial charge in [0, 0.05) is 12.2 Å². The van der Waals surface area contributed by atoms with E-state index in [1.165, 1.54) is 34.2 Å². The number of carbonyl (C=O) groups excluding carboxylic acids is 1. The van der Waals surface area contributed by atoms with Gasteiger partial charge >= 0.3 is 0 Å². The number of anilines is 2. The Morgan fingerprint density at radius 2 is 2.17 bits per heavy atom. The first kappa shape index (κ1) is 16.3. The average Bonchev–Trinajstić information content (AvgIpc) is 2.87. The molecule has 1 aliphatic rings. The van der Waals surface area contributed by atoms with Crippen molar-refractivity contribution >= 4 is 39.8 Å². The molecule has 0 spiro atoms. The van der Waals surface area contributed by atoms with Crippen LogP contribution < -0.4 is 10.6 Å². The SMILES string of the molecule is Cc1cccc(Nc2nnc(S[C@H]3CCCCNC3=O)s2)c1C. The van der Waals surface area contributed by atoms with Crippen molar-refractivity contribution in [2.45, 2.75) is 42.7 Å². The Labute approximate surface area is 144 Å². The van der Waals surface area contributed by atoms with Crippen molar-refractivity contribution < 1.29 is 4.79 Å². The molecular formula is C16H20N4OS2. The fourth-order valence-electron chi connectivity index (χ4n) is 2.46. The monoisotopic (exact) mass is 348 g/mol. The van der Waals surface area contributed by atoms with Gasteiger partial charge in [-0.25, -0.2) is 0 Å². The van der Waals surface area contributed by atoms with E-state index in [0.29, 0.717) is 0 Å². The van der Waals surface area contributed by atoms with Gasteiger partial charge in [0.15, 0.2) is 4.34 Å². The summed E-state index contributed by atoms with van der Waals surface area (Å²) in [5, 5.41) is 15.4. The molecule has 2 N–H and O–H groups in total. The Morgan fingerprint density at radius 1 is 1.30 bits per heavy atom. The van der Waals surface area contributed by atoms with E-state index in [1.807, 2.05) is 12.1 Å². The van der Waals surface area contributed by atoms with E-state index >= 15 is 0 Å². The number of hydrogen-bond donors (Lipinski definition) is 2. The van der Waals surface area contributed by atoms with Gasteiger partial charge in [-0.2, -0.15) is 0 Å². The van der Waals surface area contributed by atoms with Crippen molar-refractivity contribution in [3.05, 3.63) is 29.3 Å². The number of amides is 1. The summed E-state index contributed by atoms with van der Waals surface area (Å²) < 4.78 is 0.833. The van der Waals surface area contributed by atoms with Crippen LogP contribution in [0, 0.1) is 13.8 Å². The second-order valence-corrected chi connectivity index (χ2v) is 8.07. The van der Waals surface area contributed by atoms with E-state index in [0.717, 1.165) is 41.0 Å². The number of thioether (sulfide) groups is 1. The standard InChI is InChI=1S/C16H20N4OS2/c1-10-6-5-7-12(11(10)2)18-15-19-20-16(23-15)22-13-8-3-4-9-17-14(13)21/h5-7,13H,3-4,8-9H2,1-2H3,(H,17,21)(H,18,19)/t13-/m0/s1. The summed E-state index contributed by atoms with van der Waals surface area (Å²) in [5.41, 5.74) is 3.49. The molecule has 0 bridgehead atoms. The molecule has 23 heavy (non-hydrogen) atoms. The molecule has 1 aromatic heterocycles. The van der Waals surface area contributed by atoms with Crippen LogP contribution >= 0.6 is 23.1 Å². The van der Waals surface area contributed by atoms with Gasteiger partial charge in [-0.15, -0.1) is 10.2 Å². The van der Waals surface area contributed by atoms with Crippen molar-refractivity contribution in [3.63, 3.8) is 0 Å². The van der Waals surface area contributed by atoms with E-state index in [1.54, 1.807) is 0 Å². The lowest BCUT2D eigenvalue weighted by Gasteiger charge is -2.09. The number of rotatable bonds is 4. The third-order valence-electron chi connectivity index (χ3n) is 3.98. The largest absolute Gasteiger partial charge is 0.355 e. The molecule has 3 rings (SSSR count). The molecule has 5 nitrogen and oxygen atoms in total. The van der Waals surface area contributed by atoms with Gasteiger partial charge in [0.05, 0.1) is 5.25 Å². The lowest BCUT2D eigenvalue weighted by atomic mass is 10.1. The first-order valence-electron chi connectivity index (χ1n) is 7.74. The van der Waals surface area contributed by atoms with Crippen LogP contribution in [-0.2, 0) is 4.79 Å². The van der Waals surface area contributed by atoms with Crippen LogP contribution in [-0.4, -0.2) is 27.9 Å². The first-order valence-corrected chi connectivity index (χ1v) is 9.44. The summed E-state index contributed by atoms with van der Waals surface area (Å²) in [4.78, 5) is 12.0. The summed E-state index contributed by atoms with van der Waals surface area (Å²) in [6.45, 7) is 4.96. The summed E-state index contributed by atoms with van der Waals surface area (Å²) in [7, 11) is 0. The lowest BCUT2D eigenvalue weighted by molar-refractivity contribution is -0.120. The molecule has 1 atom stereocenters. The first-order chi connectivity index (χ1) is 11.1. The van der Waals surface area contributed by atoms with Crippen LogP contribution in [0.2, 0.25) is 0 Å². The molecule has 7 heteroatoms. The number of hydrogen-bond acceptors (Lipinski definition) is 6. The van der Waals surface area contributed by atoms with Gasteiger partial charge < -0.3 is 10.6 Å². The molecule has 0 saturated carbocycles. The van der Waals surface area contributed by atoms with Gasteiger partial charge in [-0.3, -0.25) is 4.79 Å². The third-order valence-corrected chi connectivity index (χ3v) is 6.17. The zero-order chi connectivity index (χ0) is 16.2. The molecule has 2 aromatic rings. The number of nitrogens with one attached hydrogen (secondary N) is 2. The maximum atomic E-state index is 12.0. The topological polar surface area (TPSA) is 66.9 Å². The number of benzene rings is 1. The van der Waals surface area contributed by atoms with E-state index in [-0.39, 0.29) is 11.2 Å². The molecule has 1 amide bonds. The fourth-order valence-corrected chi connectivity index (χ4v) is 4.53. The predicted octanol–water partition coefficient (Wildman–Crippen LogP) is 3.66. The van der Waals surface area contributed by atoms with Gasteiger partial charge in [0.25, 0.3) is 0 Å². The highest BCUT2D eigenvalue weighted by Crippen LogP contribution is 2.33. The Morgan fingerprint density at radius 3 is 3.04 bits per heavy atom. The number of aromatic nitrogens is 2. The zero-order valence-electron chi connectivity index (χ0n) is 13.3. The molecule has 1 saturated heterocycles. The Kier molecular flexibility index (Phi) is 5.17. The van der Waals surface area contributed by atoms with Gasteiger partial charge in [0.2, 0.25) is 11.0 Å². The minimum Gasteiger partial charge on any atom is -0.355 e. The number of carbonyl (C=O) groups is 1. The quantitative estimate of drug-likeness (QED) is 0.883. The molecule has 0 radical (unpaired) electrons. The Hall–Kier alpha value is -1.60. The van der Waals surface area contributed by atoms with E-state index in [4.69, 9.17) is 0 Å². The Bertz CT molecular complexity index is 701. The van der Waals surface area contributed by atoms with Crippen molar-refractivity contribution in [2.24, 2.45) is 0 Å². The van der Waals surface area contributed by atoms with Crippen LogP contribution in [0.25, 0.3) is 0 Å². The maximum Gasteiger partial charge on any atom is 0.233 e. The molecule has 122 valence electrons. The normalized spacial score (nSPS) is 18.3. The lowest BCUT2D eigenvalue weighted by Crippen LogP contribution is -2.30. The van der Waals surface area contributed by atoms with Crippen molar-refractivity contribution in [1.82, 2.24) is 15.5 Å². The molecule has 1 aromatic carbocycles. The molecule has 2 heterocycles. The van der Waals surface area contributed by atoms with E-state index in [2.05, 4.69) is 40.7 Å². The molecular weight excluding hydrogens is 328 g/mol. The van der Waals surface area contributed by atoms with Crippen molar-refractivity contribution in [1.29, 1.82) is 0 Å². The zero-order valence-corrected chi connectivity index (χ0v) is 14.9. The smallest absolute Gasteiger partial charge is 0.233 e. The van der Waals surface area contributed by atoms with Gasteiger partial charge in [0.1, 0.15) is 0 Å². The summed E-state index contributed by atoms with van der Waals surface area (Å²) in [5.74, 6) is 0.117. The van der Waals surface area contributed by atoms with Gasteiger partial charge in [-0.1, -0.05) is 41.7 Å². The third kappa shape index (κ3) is 4.03. The van der Waals surface area contributed by atoms with Crippen LogP contribution in [0.5, 0.6) is 0 Å². The minimum atomic E-state index is -0.0565. The summed E-state index contributed by atoms with van der Waals surface area (Å²) in [6, 6.07) is 6.15. The van der Waals surface area contributed by atoms with E-state index < -0.39 is 0 Å². The molecule has 0 aliphatic carbocycles. The van der Waals surface area contributed by atoms with Crippen LogP contribution in [0.15, 0.2) is 22.5 Å². The number of nitrogens with zero attached hydrogens (tertiary/aromatic N) is 2. The van der Waals surface area contributed by atoms with Crippen LogP contribution in [0.4, 0.5) is 10.8 Å². The van der Waals surface area contributed by atoms with Crippen LogP contribution in [0.1, 0.15) is 30.4 Å². The average molecular weight is 348 g/mol. The second kappa shape index (κ2) is 7.31. The maximum absolute atomic E-state index is 12.0. The predicted molar refractivity (Wildman–Crippen MR) is 95.6 cm³/mol. The number of aryl methyl sites for hydroxylation is 1. The summed E-state index contributed by atoms with van der Waals surface area (Å²) >= 11 is 3.01. The van der Waals surface area contributed by atoms with E-state index in [9.17, 15) is 4.79 Å².